The monoisotopic (exact) mass is 342 g/mol. The van der Waals surface area contributed by atoms with E-state index in [-0.39, 0.29) is 23.7 Å². The van der Waals surface area contributed by atoms with E-state index in [0.717, 1.165) is 5.56 Å². The van der Waals surface area contributed by atoms with E-state index >= 15 is 0 Å². The highest BCUT2D eigenvalue weighted by Crippen LogP contribution is 2.21. The fourth-order valence-electron chi connectivity index (χ4n) is 2.94. The molecule has 0 radical (unpaired) electrons. The summed E-state index contributed by atoms with van der Waals surface area (Å²) < 4.78 is 18.1. The summed E-state index contributed by atoms with van der Waals surface area (Å²) in [5, 5.41) is 5.94. The topological polar surface area (TPSA) is 67.4 Å². The Labute approximate surface area is 145 Å². The van der Waals surface area contributed by atoms with Crippen molar-refractivity contribution in [2.24, 2.45) is 0 Å². The number of nitrogens with one attached hydrogen (secondary N) is 2. The van der Waals surface area contributed by atoms with Crippen molar-refractivity contribution in [2.45, 2.75) is 18.5 Å². The molecule has 6 heteroatoms. The molecule has 0 aliphatic carbocycles. The molecule has 3 rings (SSSR count). The molecule has 1 fully saturated rings. The molecule has 0 aromatic heterocycles. The van der Waals surface area contributed by atoms with Gasteiger partial charge in [-0.25, -0.2) is 4.39 Å². The molecule has 1 saturated heterocycles. The number of halogens is 1. The molecule has 130 valence electrons. The molecule has 2 aromatic carbocycles. The Kier molecular flexibility index (Phi) is 5.09. The summed E-state index contributed by atoms with van der Waals surface area (Å²) in [5.74, 6) is -0.876. The number of hydrogen-bond acceptors (Lipinski definition) is 4. The van der Waals surface area contributed by atoms with Crippen molar-refractivity contribution in [3.8, 4) is 11.1 Å². The first kappa shape index (κ1) is 17.1. The summed E-state index contributed by atoms with van der Waals surface area (Å²) in [5.41, 5.74) is 1.97. The van der Waals surface area contributed by atoms with Gasteiger partial charge >= 0.3 is 5.97 Å². The van der Waals surface area contributed by atoms with Crippen LogP contribution in [0.3, 0.4) is 0 Å². The summed E-state index contributed by atoms with van der Waals surface area (Å²) in [4.78, 5) is 24.0. The quantitative estimate of drug-likeness (QED) is 0.836. The van der Waals surface area contributed by atoms with Gasteiger partial charge in [0.15, 0.2) is 0 Å². The van der Waals surface area contributed by atoms with Crippen LogP contribution in [0, 0.1) is 5.82 Å². The Morgan fingerprint density at radius 3 is 2.60 bits per heavy atom. The molecule has 2 N–H and O–H groups in total. The molecule has 25 heavy (non-hydrogen) atoms. The van der Waals surface area contributed by atoms with Crippen molar-refractivity contribution in [1.82, 2.24) is 10.6 Å². The number of carbonyl (C=O) groups is 2. The fraction of sp³-hybridized carbons (Fsp3) is 0.263. The summed E-state index contributed by atoms with van der Waals surface area (Å²) in [7, 11) is 1.34. The number of benzene rings is 2. The number of amides is 1. The van der Waals surface area contributed by atoms with Crippen molar-refractivity contribution in [3.63, 3.8) is 0 Å². The Hall–Kier alpha value is -2.73. The first-order chi connectivity index (χ1) is 12.1. The van der Waals surface area contributed by atoms with Gasteiger partial charge in [0.1, 0.15) is 11.9 Å². The third kappa shape index (κ3) is 4.03. The predicted octanol–water partition coefficient (Wildman–Crippen LogP) is 2.13. The van der Waals surface area contributed by atoms with E-state index in [0.29, 0.717) is 24.1 Å². The van der Waals surface area contributed by atoms with Crippen molar-refractivity contribution >= 4 is 11.9 Å². The molecular formula is C19H19FN2O3. The van der Waals surface area contributed by atoms with Gasteiger partial charge in [-0.2, -0.15) is 0 Å². The van der Waals surface area contributed by atoms with Crippen LogP contribution in [0.2, 0.25) is 0 Å². The number of ether oxygens (including phenoxy) is 1. The SMILES string of the molecule is COC(=O)[C@@H]1C[C@@H](NC(=O)c2cccc(-c3cccc(F)c3)c2)CN1. The summed E-state index contributed by atoms with van der Waals surface area (Å²) in [6, 6.07) is 12.7. The predicted molar refractivity (Wildman–Crippen MR) is 91.5 cm³/mol. The first-order valence-corrected chi connectivity index (χ1v) is 8.05. The molecule has 1 aliphatic heterocycles. The van der Waals surface area contributed by atoms with Gasteiger partial charge in [0.05, 0.1) is 7.11 Å². The fourth-order valence-corrected chi connectivity index (χ4v) is 2.94. The van der Waals surface area contributed by atoms with E-state index < -0.39 is 6.04 Å². The molecule has 1 heterocycles. The van der Waals surface area contributed by atoms with Crippen LogP contribution in [-0.2, 0) is 9.53 Å². The minimum absolute atomic E-state index is 0.144. The van der Waals surface area contributed by atoms with Crippen LogP contribution in [0.15, 0.2) is 48.5 Å². The number of carbonyl (C=O) groups excluding carboxylic acids is 2. The number of esters is 1. The van der Waals surface area contributed by atoms with Crippen LogP contribution in [0.4, 0.5) is 4.39 Å². The van der Waals surface area contributed by atoms with Gasteiger partial charge in [-0.05, 0) is 41.8 Å². The second-order valence-corrected chi connectivity index (χ2v) is 5.98. The molecule has 0 bridgehead atoms. The highest BCUT2D eigenvalue weighted by atomic mass is 19.1. The van der Waals surface area contributed by atoms with Crippen LogP contribution in [0.25, 0.3) is 11.1 Å². The highest BCUT2D eigenvalue weighted by molar-refractivity contribution is 5.95. The molecule has 1 amide bonds. The van der Waals surface area contributed by atoms with E-state index in [1.165, 1.54) is 19.2 Å². The summed E-state index contributed by atoms with van der Waals surface area (Å²) >= 11 is 0. The van der Waals surface area contributed by atoms with Crippen LogP contribution >= 0.6 is 0 Å². The van der Waals surface area contributed by atoms with Crippen LogP contribution in [0.1, 0.15) is 16.8 Å². The normalized spacial score (nSPS) is 19.4. The molecule has 5 nitrogen and oxygen atoms in total. The first-order valence-electron chi connectivity index (χ1n) is 8.05. The molecule has 0 spiro atoms. The van der Waals surface area contributed by atoms with Crippen LogP contribution in [0.5, 0.6) is 0 Å². The third-order valence-electron chi connectivity index (χ3n) is 4.23. The zero-order valence-electron chi connectivity index (χ0n) is 13.8. The lowest BCUT2D eigenvalue weighted by Gasteiger charge is -2.12. The molecule has 0 saturated carbocycles. The second kappa shape index (κ2) is 7.44. The van der Waals surface area contributed by atoms with E-state index in [9.17, 15) is 14.0 Å². The lowest BCUT2D eigenvalue weighted by atomic mass is 10.0. The average Bonchev–Trinajstić information content (AvgIpc) is 3.09. The molecule has 0 unspecified atom stereocenters. The molecule has 2 atom stereocenters. The molecule has 1 aliphatic rings. The summed E-state index contributed by atoms with van der Waals surface area (Å²) in [6.45, 7) is 0.509. The Balaban J connectivity index is 1.69. The maximum Gasteiger partial charge on any atom is 0.322 e. The lowest BCUT2D eigenvalue weighted by molar-refractivity contribution is -0.142. The van der Waals surface area contributed by atoms with Gasteiger partial charge in [0.2, 0.25) is 0 Å². The van der Waals surface area contributed by atoms with Gasteiger partial charge in [-0.15, -0.1) is 0 Å². The van der Waals surface area contributed by atoms with Gasteiger partial charge < -0.3 is 15.4 Å². The van der Waals surface area contributed by atoms with Gasteiger partial charge in [0.25, 0.3) is 5.91 Å². The summed E-state index contributed by atoms with van der Waals surface area (Å²) in [6.07, 6.45) is 0.488. The Morgan fingerprint density at radius 1 is 1.16 bits per heavy atom. The minimum Gasteiger partial charge on any atom is -0.468 e. The van der Waals surface area contributed by atoms with Gasteiger partial charge in [-0.1, -0.05) is 24.3 Å². The van der Waals surface area contributed by atoms with Crippen LogP contribution < -0.4 is 10.6 Å². The lowest BCUT2D eigenvalue weighted by Crippen LogP contribution is -2.36. The zero-order chi connectivity index (χ0) is 17.8. The maximum absolute atomic E-state index is 13.4. The van der Waals surface area contributed by atoms with Gasteiger partial charge in [-0.3, -0.25) is 9.59 Å². The van der Waals surface area contributed by atoms with E-state index in [4.69, 9.17) is 4.74 Å². The Morgan fingerprint density at radius 2 is 1.88 bits per heavy atom. The van der Waals surface area contributed by atoms with E-state index in [1.54, 1.807) is 30.3 Å². The van der Waals surface area contributed by atoms with Crippen molar-refractivity contribution in [1.29, 1.82) is 0 Å². The maximum atomic E-state index is 13.4. The number of rotatable bonds is 4. The van der Waals surface area contributed by atoms with Crippen LogP contribution in [-0.4, -0.2) is 37.6 Å². The standard InChI is InChI=1S/C19H19FN2O3/c1-25-19(24)17-10-16(11-21-17)22-18(23)14-6-2-4-12(8-14)13-5-3-7-15(20)9-13/h2-9,16-17,21H,10-11H2,1H3,(H,22,23)/t16-,17+/m1/s1. The van der Waals surface area contributed by atoms with Crippen molar-refractivity contribution in [2.75, 3.05) is 13.7 Å². The molecular weight excluding hydrogens is 323 g/mol. The van der Waals surface area contributed by atoms with Crippen molar-refractivity contribution < 1.29 is 18.7 Å². The highest BCUT2D eigenvalue weighted by Gasteiger charge is 2.31. The number of methoxy groups -OCH3 is 1. The Bertz CT molecular complexity index is 794. The van der Waals surface area contributed by atoms with E-state index in [1.807, 2.05) is 6.07 Å². The second-order valence-electron chi connectivity index (χ2n) is 5.98. The zero-order valence-corrected chi connectivity index (χ0v) is 13.8. The third-order valence-corrected chi connectivity index (χ3v) is 4.23. The van der Waals surface area contributed by atoms with E-state index in [2.05, 4.69) is 10.6 Å². The van der Waals surface area contributed by atoms with Gasteiger partial charge in [0, 0.05) is 18.2 Å². The smallest absolute Gasteiger partial charge is 0.322 e. The minimum atomic E-state index is -0.395. The van der Waals surface area contributed by atoms with Crippen molar-refractivity contribution in [3.05, 3.63) is 59.9 Å². The largest absolute Gasteiger partial charge is 0.468 e. The molecule has 2 aromatic rings. The number of hydrogen-bond donors (Lipinski definition) is 2. The average molecular weight is 342 g/mol.